The van der Waals surface area contributed by atoms with Gasteiger partial charge in [-0.05, 0) is 33.1 Å². The van der Waals surface area contributed by atoms with E-state index in [2.05, 4.69) is 0 Å². The van der Waals surface area contributed by atoms with E-state index in [0.29, 0.717) is 26.1 Å². The fourth-order valence-corrected chi connectivity index (χ4v) is 1.10. The minimum absolute atomic E-state index is 0.213. The van der Waals surface area contributed by atoms with E-state index in [1.54, 1.807) is 13.8 Å². The van der Waals surface area contributed by atoms with E-state index in [1.807, 2.05) is 0 Å². The molecule has 0 aliphatic heterocycles. The Labute approximate surface area is 85.8 Å². The first-order chi connectivity index (χ1) is 6.63. The topological polar surface area (TPSA) is 43.4 Å². The lowest BCUT2D eigenvalue weighted by Gasteiger charge is -2.02. The highest BCUT2D eigenvalue weighted by atomic mass is 16.5. The van der Waals surface area contributed by atoms with Crippen LogP contribution in [0.25, 0.3) is 0 Å². The van der Waals surface area contributed by atoms with Crippen LogP contribution in [0.15, 0.2) is 0 Å². The van der Waals surface area contributed by atoms with Crippen molar-refractivity contribution in [3.05, 3.63) is 0 Å². The van der Waals surface area contributed by atoms with Crippen LogP contribution in [0.5, 0.6) is 0 Å². The van der Waals surface area contributed by atoms with Crippen molar-refractivity contribution < 1.29 is 14.3 Å². The van der Waals surface area contributed by atoms with Crippen molar-refractivity contribution in [1.29, 1.82) is 0 Å². The Kier molecular flexibility index (Phi) is 8.43. The van der Waals surface area contributed by atoms with E-state index in [-0.39, 0.29) is 11.6 Å². The maximum Gasteiger partial charge on any atom is 0.129 e. The van der Waals surface area contributed by atoms with Gasteiger partial charge in [-0.3, -0.25) is 0 Å². The van der Waals surface area contributed by atoms with Gasteiger partial charge in [-0.1, -0.05) is 0 Å². The third-order valence-electron chi connectivity index (χ3n) is 1.89. The molecule has 14 heavy (non-hydrogen) atoms. The summed E-state index contributed by atoms with van der Waals surface area (Å²) in [6, 6.07) is 0. The predicted octanol–water partition coefficient (Wildman–Crippen LogP) is 2.13. The average molecular weight is 200 g/mol. The molecule has 0 heterocycles. The minimum Gasteiger partial charge on any atom is -0.381 e. The Morgan fingerprint density at radius 1 is 0.857 bits per heavy atom. The number of hydrogen-bond donors (Lipinski definition) is 0. The number of ketones is 2. The first kappa shape index (κ1) is 13.3. The molecule has 0 radical (unpaired) electrons. The molecular formula is C11H20O3. The van der Waals surface area contributed by atoms with Crippen LogP contribution in [0.3, 0.4) is 0 Å². The SMILES string of the molecule is CC(=O)CCCCOCCCC(C)=O. The maximum absolute atomic E-state index is 10.6. The maximum atomic E-state index is 10.6. The summed E-state index contributed by atoms with van der Waals surface area (Å²) in [6.07, 6.45) is 3.90. The molecule has 0 saturated heterocycles. The number of carbonyl (C=O) groups is 2. The summed E-state index contributed by atoms with van der Waals surface area (Å²) in [6.45, 7) is 4.55. The largest absolute Gasteiger partial charge is 0.381 e. The van der Waals surface area contributed by atoms with Gasteiger partial charge < -0.3 is 14.3 Å². The molecule has 3 heteroatoms. The van der Waals surface area contributed by atoms with Gasteiger partial charge in [0.2, 0.25) is 0 Å². The molecule has 0 atom stereocenters. The van der Waals surface area contributed by atoms with E-state index in [4.69, 9.17) is 4.74 Å². The minimum atomic E-state index is 0.213. The first-order valence-corrected chi connectivity index (χ1v) is 5.19. The molecule has 0 bridgehead atoms. The number of unbranched alkanes of at least 4 members (excludes halogenated alkanes) is 1. The van der Waals surface area contributed by atoms with Gasteiger partial charge in [0.05, 0.1) is 0 Å². The van der Waals surface area contributed by atoms with Gasteiger partial charge in [-0.15, -0.1) is 0 Å². The van der Waals surface area contributed by atoms with E-state index < -0.39 is 0 Å². The molecule has 3 nitrogen and oxygen atoms in total. The summed E-state index contributed by atoms with van der Waals surface area (Å²) in [4.78, 5) is 21.1. The van der Waals surface area contributed by atoms with Gasteiger partial charge in [0.1, 0.15) is 11.6 Å². The number of ether oxygens (including phenoxy) is 1. The Bertz CT molecular complexity index is 155. The summed E-state index contributed by atoms with van der Waals surface area (Å²) >= 11 is 0. The highest BCUT2D eigenvalue weighted by molar-refractivity contribution is 5.75. The smallest absolute Gasteiger partial charge is 0.129 e. The molecule has 0 spiro atoms. The van der Waals surface area contributed by atoms with Gasteiger partial charge in [-0.2, -0.15) is 0 Å². The van der Waals surface area contributed by atoms with E-state index in [9.17, 15) is 9.59 Å². The summed E-state index contributed by atoms with van der Waals surface area (Å²) in [7, 11) is 0. The van der Waals surface area contributed by atoms with E-state index >= 15 is 0 Å². The fraction of sp³-hybridized carbons (Fsp3) is 0.818. The first-order valence-electron chi connectivity index (χ1n) is 5.19. The molecule has 0 fully saturated rings. The summed E-state index contributed by atoms with van der Waals surface area (Å²) in [5.41, 5.74) is 0. The molecule has 0 unspecified atom stereocenters. The predicted molar refractivity (Wildman–Crippen MR) is 55.3 cm³/mol. The normalized spacial score (nSPS) is 10.1. The van der Waals surface area contributed by atoms with Crippen LogP contribution in [0.2, 0.25) is 0 Å². The van der Waals surface area contributed by atoms with Gasteiger partial charge in [0, 0.05) is 26.1 Å². The molecule has 0 aliphatic carbocycles. The van der Waals surface area contributed by atoms with E-state index in [0.717, 1.165) is 19.3 Å². The Morgan fingerprint density at radius 3 is 1.93 bits per heavy atom. The molecule has 0 aliphatic rings. The second-order valence-electron chi connectivity index (χ2n) is 3.58. The second kappa shape index (κ2) is 8.88. The summed E-state index contributed by atoms with van der Waals surface area (Å²) in [5.74, 6) is 0.451. The van der Waals surface area contributed by atoms with Crippen LogP contribution in [-0.4, -0.2) is 24.8 Å². The second-order valence-corrected chi connectivity index (χ2v) is 3.58. The van der Waals surface area contributed by atoms with Crippen molar-refractivity contribution in [3.8, 4) is 0 Å². The number of hydrogen-bond acceptors (Lipinski definition) is 3. The van der Waals surface area contributed by atoms with Crippen molar-refractivity contribution in [2.45, 2.75) is 46.0 Å². The molecule has 0 N–H and O–H groups in total. The molecule has 82 valence electrons. The standard InChI is InChI=1S/C11H20O3/c1-10(12)6-3-4-8-14-9-5-7-11(2)13/h3-9H2,1-2H3. The molecular weight excluding hydrogens is 180 g/mol. The molecule has 0 aromatic heterocycles. The van der Waals surface area contributed by atoms with Crippen LogP contribution in [0.1, 0.15) is 46.0 Å². The summed E-state index contributed by atoms with van der Waals surface area (Å²) < 4.78 is 5.30. The number of rotatable bonds is 9. The van der Waals surface area contributed by atoms with Crippen molar-refractivity contribution in [2.75, 3.05) is 13.2 Å². The van der Waals surface area contributed by atoms with E-state index in [1.165, 1.54) is 0 Å². The van der Waals surface area contributed by atoms with Gasteiger partial charge in [0.25, 0.3) is 0 Å². The quantitative estimate of drug-likeness (QED) is 0.535. The van der Waals surface area contributed by atoms with Crippen LogP contribution >= 0.6 is 0 Å². The zero-order valence-corrected chi connectivity index (χ0v) is 9.17. The van der Waals surface area contributed by atoms with Crippen molar-refractivity contribution in [1.82, 2.24) is 0 Å². The van der Waals surface area contributed by atoms with Crippen molar-refractivity contribution in [3.63, 3.8) is 0 Å². The third kappa shape index (κ3) is 11.3. The molecule has 0 rings (SSSR count). The number of carbonyl (C=O) groups excluding carboxylic acids is 2. The molecule has 0 aromatic carbocycles. The summed E-state index contributed by atoms with van der Waals surface area (Å²) in [5, 5.41) is 0. The Morgan fingerprint density at radius 2 is 1.36 bits per heavy atom. The zero-order valence-electron chi connectivity index (χ0n) is 9.17. The van der Waals surface area contributed by atoms with Crippen LogP contribution in [-0.2, 0) is 14.3 Å². The lowest BCUT2D eigenvalue weighted by molar-refractivity contribution is -0.118. The molecule has 0 amide bonds. The Hall–Kier alpha value is -0.700. The lowest BCUT2D eigenvalue weighted by atomic mass is 10.2. The fourth-order valence-electron chi connectivity index (χ4n) is 1.10. The monoisotopic (exact) mass is 200 g/mol. The van der Waals surface area contributed by atoms with Crippen LogP contribution in [0.4, 0.5) is 0 Å². The van der Waals surface area contributed by atoms with Crippen LogP contribution in [0, 0.1) is 0 Å². The lowest BCUT2D eigenvalue weighted by Crippen LogP contribution is -2.00. The van der Waals surface area contributed by atoms with Crippen LogP contribution < -0.4 is 0 Å². The zero-order chi connectivity index (χ0) is 10.8. The average Bonchev–Trinajstić information content (AvgIpc) is 2.08. The van der Waals surface area contributed by atoms with Gasteiger partial charge in [-0.25, -0.2) is 0 Å². The van der Waals surface area contributed by atoms with Crippen molar-refractivity contribution >= 4 is 11.6 Å². The highest BCUT2D eigenvalue weighted by Gasteiger charge is 1.95. The van der Waals surface area contributed by atoms with Crippen molar-refractivity contribution in [2.24, 2.45) is 0 Å². The van der Waals surface area contributed by atoms with Gasteiger partial charge >= 0.3 is 0 Å². The number of Topliss-reactive ketones (excluding diaryl/α,β-unsaturated/α-hetero) is 2. The third-order valence-corrected chi connectivity index (χ3v) is 1.89. The molecule has 0 aromatic rings. The molecule has 0 saturated carbocycles. The highest BCUT2D eigenvalue weighted by Crippen LogP contribution is 1.98. The Balaban J connectivity index is 2.99. The van der Waals surface area contributed by atoms with Gasteiger partial charge in [0.15, 0.2) is 0 Å².